The molecule has 0 saturated carbocycles. The molecule has 0 N–H and O–H groups in total. The summed E-state index contributed by atoms with van der Waals surface area (Å²) < 4.78 is 10.3. The van der Waals surface area contributed by atoms with E-state index in [2.05, 4.69) is 18.2 Å². The van der Waals surface area contributed by atoms with Crippen molar-refractivity contribution < 1.29 is 14.3 Å². The molecule has 0 bridgehead atoms. The van der Waals surface area contributed by atoms with E-state index in [0.29, 0.717) is 12.2 Å². The number of allylic oxidation sites excluding steroid dienone is 5. The molecule has 2 aliphatic rings. The van der Waals surface area contributed by atoms with Crippen LogP contribution in [0.2, 0.25) is 0 Å². The Hall–Kier alpha value is -1.77. The third-order valence-corrected chi connectivity index (χ3v) is 2.74. The molecule has 1 unspecified atom stereocenters. The molecule has 1 aliphatic carbocycles. The topological polar surface area (TPSA) is 35.5 Å². The van der Waals surface area contributed by atoms with Crippen LogP contribution in [0, 0.1) is 0 Å². The average molecular weight is 232 g/mol. The summed E-state index contributed by atoms with van der Waals surface area (Å²) in [4.78, 5) is 11.3. The quantitative estimate of drug-likeness (QED) is 0.702. The molecule has 3 nitrogen and oxygen atoms in total. The van der Waals surface area contributed by atoms with Crippen LogP contribution >= 0.6 is 0 Å². The highest BCUT2D eigenvalue weighted by Crippen LogP contribution is 2.18. The molecule has 0 aromatic heterocycles. The maximum Gasteiger partial charge on any atom is 0.334 e. The fraction of sp³-hybridized carbons (Fsp3) is 0.357. The highest BCUT2D eigenvalue weighted by atomic mass is 16.5. The minimum Gasteiger partial charge on any atom is -0.501 e. The minimum absolute atomic E-state index is 0.223. The Balaban J connectivity index is 1.98. The molecule has 0 saturated heterocycles. The van der Waals surface area contributed by atoms with Gasteiger partial charge in [-0.1, -0.05) is 24.3 Å². The second-order valence-corrected chi connectivity index (χ2v) is 4.04. The van der Waals surface area contributed by atoms with Crippen molar-refractivity contribution in [2.75, 3.05) is 7.11 Å². The smallest absolute Gasteiger partial charge is 0.334 e. The van der Waals surface area contributed by atoms with E-state index in [0.717, 1.165) is 12.8 Å². The fourth-order valence-corrected chi connectivity index (χ4v) is 1.84. The first-order valence-electron chi connectivity index (χ1n) is 5.78. The second-order valence-electron chi connectivity index (χ2n) is 4.04. The van der Waals surface area contributed by atoms with Gasteiger partial charge in [-0.05, 0) is 24.5 Å². The van der Waals surface area contributed by atoms with Crippen molar-refractivity contribution in [3.8, 4) is 0 Å². The standard InChI is InChI=1S/C14H16O3/c1-16-13-9-12(17-14(15)10-13)8-7-11-5-3-2-4-6-11/h3,5-8,10,12H,2,4,9H2,1H3/b8-7+. The summed E-state index contributed by atoms with van der Waals surface area (Å²) in [5.74, 6) is 0.333. The number of carbonyl (C=O) groups excluding carboxylic acids is 1. The van der Waals surface area contributed by atoms with E-state index >= 15 is 0 Å². The van der Waals surface area contributed by atoms with Crippen molar-refractivity contribution in [1.82, 2.24) is 0 Å². The van der Waals surface area contributed by atoms with E-state index in [-0.39, 0.29) is 12.1 Å². The molecule has 1 aliphatic heterocycles. The van der Waals surface area contributed by atoms with Gasteiger partial charge in [-0.3, -0.25) is 0 Å². The first kappa shape index (κ1) is 11.7. The number of cyclic esters (lactones) is 1. The molecule has 0 aromatic rings. The monoisotopic (exact) mass is 232 g/mol. The first-order chi connectivity index (χ1) is 8.28. The highest BCUT2D eigenvalue weighted by molar-refractivity contribution is 5.83. The van der Waals surface area contributed by atoms with E-state index in [4.69, 9.17) is 9.47 Å². The number of ether oxygens (including phenoxy) is 2. The van der Waals surface area contributed by atoms with Gasteiger partial charge in [0.2, 0.25) is 0 Å². The molecule has 17 heavy (non-hydrogen) atoms. The maximum atomic E-state index is 11.3. The number of hydrogen-bond donors (Lipinski definition) is 0. The van der Waals surface area contributed by atoms with Gasteiger partial charge in [-0.15, -0.1) is 0 Å². The van der Waals surface area contributed by atoms with E-state index < -0.39 is 0 Å². The molecule has 2 rings (SSSR count). The van der Waals surface area contributed by atoms with E-state index in [9.17, 15) is 4.79 Å². The van der Waals surface area contributed by atoms with Crippen molar-refractivity contribution in [2.24, 2.45) is 0 Å². The Morgan fingerprint density at radius 3 is 3.06 bits per heavy atom. The molecule has 0 radical (unpaired) electrons. The first-order valence-corrected chi connectivity index (χ1v) is 5.78. The third kappa shape index (κ3) is 3.34. The zero-order valence-corrected chi connectivity index (χ0v) is 9.89. The van der Waals surface area contributed by atoms with Crippen LogP contribution in [0.1, 0.15) is 19.3 Å². The molecule has 1 atom stereocenters. The van der Waals surface area contributed by atoms with Crippen LogP contribution in [0.4, 0.5) is 0 Å². The Bertz CT molecular complexity index is 413. The van der Waals surface area contributed by atoms with Gasteiger partial charge >= 0.3 is 5.97 Å². The van der Waals surface area contributed by atoms with E-state index in [1.165, 1.54) is 11.6 Å². The largest absolute Gasteiger partial charge is 0.501 e. The molecule has 0 fully saturated rings. The lowest BCUT2D eigenvalue weighted by molar-refractivity contribution is -0.142. The van der Waals surface area contributed by atoms with Crippen LogP contribution in [-0.2, 0) is 14.3 Å². The Morgan fingerprint density at radius 1 is 1.47 bits per heavy atom. The van der Waals surface area contributed by atoms with Crippen molar-refractivity contribution in [2.45, 2.75) is 25.4 Å². The maximum absolute atomic E-state index is 11.3. The zero-order chi connectivity index (χ0) is 12.1. The van der Waals surface area contributed by atoms with Gasteiger partial charge in [0.05, 0.1) is 13.2 Å². The number of hydrogen-bond acceptors (Lipinski definition) is 3. The predicted octanol–water partition coefficient (Wildman–Crippen LogP) is 2.66. The van der Waals surface area contributed by atoms with Crippen LogP contribution in [0.3, 0.4) is 0 Å². The van der Waals surface area contributed by atoms with Gasteiger partial charge in [-0.25, -0.2) is 4.79 Å². The van der Waals surface area contributed by atoms with Crippen molar-refractivity contribution in [1.29, 1.82) is 0 Å². The molecule has 1 heterocycles. The van der Waals surface area contributed by atoms with Crippen LogP contribution in [0.5, 0.6) is 0 Å². The molecular formula is C14H16O3. The summed E-state index contributed by atoms with van der Waals surface area (Å²) in [6.07, 6.45) is 14.3. The van der Waals surface area contributed by atoms with Crippen LogP contribution in [0.15, 0.2) is 47.8 Å². The number of rotatable bonds is 3. The van der Waals surface area contributed by atoms with Gasteiger partial charge in [0, 0.05) is 6.42 Å². The van der Waals surface area contributed by atoms with E-state index in [1.807, 2.05) is 12.2 Å². The van der Waals surface area contributed by atoms with Gasteiger partial charge in [0.1, 0.15) is 11.9 Å². The SMILES string of the molecule is COC1=CC(=O)OC(/C=C/C2=CCCC=C2)C1. The summed E-state index contributed by atoms with van der Waals surface area (Å²) in [5.41, 5.74) is 1.17. The summed E-state index contributed by atoms with van der Waals surface area (Å²) in [5, 5.41) is 0. The third-order valence-electron chi connectivity index (χ3n) is 2.74. The van der Waals surface area contributed by atoms with Crippen LogP contribution in [0.25, 0.3) is 0 Å². The Morgan fingerprint density at radius 2 is 2.35 bits per heavy atom. The molecule has 3 heteroatoms. The minimum atomic E-state index is -0.337. The molecule has 0 amide bonds. The number of methoxy groups -OCH3 is 1. The fourth-order valence-electron chi connectivity index (χ4n) is 1.84. The summed E-state index contributed by atoms with van der Waals surface area (Å²) in [6.45, 7) is 0. The van der Waals surface area contributed by atoms with Crippen molar-refractivity contribution in [3.05, 3.63) is 47.8 Å². The average Bonchev–Trinajstić information content (AvgIpc) is 2.37. The van der Waals surface area contributed by atoms with Crippen molar-refractivity contribution in [3.63, 3.8) is 0 Å². The van der Waals surface area contributed by atoms with Gasteiger partial charge in [0.15, 0.2) is 0 Å². The summed E-state index contributed by atoms with van der Waals surface area (Å²) >= 11 is 0. The Kier molecular flexibility index (Phi) is 3.81. The van der Waals surface area contributed by atoms with E-state index in [1.54, 1.807) is 7.11 Å². The lowest BCUT2D eigenvalue weighted by Gasteiger charge is -2.19. The zero-order valence-electron chi connectivity index (χ0n) is 9.89. The predicted molar refractivity (Wildman–Crippen MR) is 65.2 cm³/mol. The van der Waals surface area contributed by atoms with Gasteiger partial charge < -0.3 is 9.47 Å². The Labute approximate surface area is 101 Å². The van der Waals surface area contributed by atoms with Crippen LogP contribution in [-0.4, -0.2) is 19.2 Å². The van der Waals surface area contributed by atoms with Gasteiger partial charge in [-0.2, -0.15) is 0 Å². The summed E-state index contributed by atoms with van der Waals surface area (Å²) in [6, 6.07) is 0. The molecule has 90 valence electrons. The lowest BCUT2D eigenvalue weighted by Crippen LogP contribution is -2.21. The lowest BCUT2D eigenvalue weighted by atomic mass is 10.1. The molecular weight excluding hydrogens is 216 g/mol. The van der Waals surface area contributed by atoms with Crippen LogP contribution < -0.4 is 0 Å². The second kappa shape index (κ2) is 5.53. The summed E-state index contributed by atoms with van der Waals surface area (Å²) in [7, 11) is 1.57. The number of esters is 1. The molecule has 0 aromatic carbocycles. The highest BCUT2D eigenvalue weighted by Gasteiger charge is 2.19. The molecule has 0 spiro atoms. The van der Waals surface area contributed by atoms with Crippen molar-refractivity contribution >= 4 is 5.97 Å². The number of carbonyl (C=O) groups is 1. The van der Waals surface area contributed by atoms with Gasteiger partial charge in [0.25, 0.3) is 0 Å². The normalized spacial score (nSPS) is 24.3.